The van der Waals surface area contributed by atoms with Crippen molar-refractivity contribution in [1.29, 1.82) is 0 Å². The van der Waals surface area contributed by atoms with E-state index in [1.54, 1.807) is 24.3 Å². The molecule has 3 aliphatic carbocycles. The van der Waals surface area contributed by atoms with Gasteiger partial charge in [-0.3, -0.25) is 14.4 Å². The molecule has 4 rings (SSSR count). The molecule has 1 aromatic rings. The molecule has 0 aromatic heterocycles. The van der Waals surface area contributed by atoms with Crippen LogP contribution >= 0.6 is 0 Å². The summed E-state index contributed by atoms with van der Waals surface area (Å²) < 4.78 is 10.2. The number of hydrogen-bond donors (Lipinski definition) is 0. The first-order valence-electron chi connectivity index (χ1n) is 8.94. The number of benzene rings is 1. The van der Waals surface area contributed by atoms with Crippen molar-refractivity contribution < 1.29 is 23.9 Å². The molecular formula is C21H22O5. The van der Waals surface area contributed by atoms with Crippen molar-refractivity contribution in [2.24, 2.45) is 28.6 Å². The quantitative estimate of drug-likeness (QED) is 0.462. The molecular weight excluding hydrogens is 332 g/mol. The van der Waals surface area contributed by atoms with Gasteiger partial charge in [-0.2, -0.15) is 0 Å². The van der Waals surface area contributed by atoms with Crippen LogP contribution in [0.25, 0.3) is 0 Å². The van der Waals surface area contributed by atoms with E-state index in [-0.39, 0.29) is 29.5 Å². The lowest BCUT2D eigenvalue weighted by molar-refractivity contribution is -0.167. The average Bonchev–Trinajstić information content (AvgIpc) is 3.34. The Balaban J connectivity index is 1.80. The molecule has 2 bridgehead atoms. The zero-order chi connectivity index (χ0) is 18.5. The minimum absolute atomic E-state index is 0.0449. The molecule has 2 fully saturated rings. The minimum Gasteiger partial charge on any atom is -0.469 e. The van der Waals surface area contributed by atoms with E-state index in [2.05, 4.69) is 0 Å². The second-order valence-corrected chi connectivity index (χ2v) is 7.62. The van der Waals surface area contributed by atoms with E-state index in [1.807, 2.05) is 18.2 Å². The molecule has 2 saturated carbocycles. The predicted octanol–water partition coefficient (Wildman–Crippen LogP) is 2.80. The molecule has 0 N–H and O–H groups in total. The van der Waals surface area contributed by atoms with Crippen LogP contribution in [0.2, 0.25) is 0 Å². The van der Waals surface area contributed by atoms with Gasteiger partial charge in [0.2, 0.25) is 0 Å². The second kappa shape index (κ2) is 5.79. The second-order valence-electron chi connectivity index (χ2n) is 7.62. The molecule has 1 spiro atoms. The Kier molecular flexibility index (Phi) is 3.79. The van der Waals surface area contributed by atoms with E-state index >= 15 is 0 Å². The van der Waals surface area contributed by atoms with Gasteiger partial charge in [0.1, 0.15) is 0 Å². The number of allylic oxidation sites excluding steroid dienone is 2. The summed E-state index contributed by atoms with van der Waals surface area (Å²) in [5.74, 6) is -1.97. The zero-order valence-corrected chi connectivity index (χ0v) is 14.9. The van der Waals surface area contributed by atoms with Gasteiger partial charge in [-0.15, -0.1) is 0 Å². The molecule has 4 atom stereocenters. The zero-order valence-electron chi connectivity index (χ0n) is 14.9. The van der Waals surface area contributed by atoms with Crippen LogP contribution in [-0.2, 0) is 19.1 Å². The Morgan fingerprint density at radius 2 is 1.73 bits per heavy atom. The Labute approximate surface area is 152 Å². The molecule has 1 aromatic carbocycles. The highest BCUT2D eigenvalue weighted by molar-refractivity contribution is 6.01. The Hall–Kier alpha value is -2.43. The van der Waals surface area contributed by atoms with Crippen LogP contribution in [0, 0.1) is 28.6 Å². The topological polar surface area (TPSA) is 69.7 Å². The predicted molar refractivity (Wildman–Crippen MR) is 93.1 cm³/mol. The van der Waals surface area contributed by atoms with Gasteiger partial charge in [0.05, 0.1) is 25.6 Å². The molecule has 136 valence electrons. The third-order valence-corrected chi connectivity index (χ3v) is 6.66. The summed E-state index contributed by atoms with van der Waals surface area (Å²) in [7, 11) is 2.65. The smallest absolute Gasteiger partial charge is 0.313 e. The van der Waals surface area contributed by atoms with E-state index in [1.165, 1.54) is 14.2 Å². The van der Waals surface area contributed by atoms with Gasteiger partial charge in [-0.05, 0) is 24.2 Å². The SMILES string of the molecule is COC(=O)[C@@H]1[C@@H]2C=C[C@@H](C23CC3)[C@]1(CC(=O)c1ccccc1)C(=O)OC. The first-order chi connectivity index (χ1) is 12.5. The third kappa shape index (κ3) is 2.06. The van der Waals surface area contributed by atoms with Crippen LogP contribution in [-0.4, -0.2) is 31.9 Å². The first-order valence-corrected chi connectivity index (χ1v) is 8.94. The van der Waals surface area contributed by atoms with Crippen molar-refractivity contribution in [2.75, 3.05) is 14.2 Å². The fourth-order valence-corrected chi connectivity index (χ4v) is 5.46. The Morgan fingerprint density at radius 3 is 2.31 bits per heavy atom. The van der Waals surface area contributed by atoms with E-state index in [0.717, 1.165) is 12.8 Å². The van der Waals surface area contributed by atoms with Gasteiger partial charge in [-0.25, -0.2) is 0 Å². The summed E-state index contributed by atoms with van der Waals surface area (Å²) >= 11 is 0. The van der Waals surface area contributed by atoms with Crippen LogP contribution in [0.1, 0.15) is 29.6 Å². The van der Waals surface area contributed by atoms with Crippen LogP contribution < -0.4 is 0 Å². The van der Waals surface area contributed by atoms with Crippen LogP contribution in [0.3, 0.4) is 0 Å². The maximum Gasteiger partial charge on any atom is 0.313 e. The molecule has 0 heterocycles. The van der Waals surface area contributed by atoms with Crippen molar-refractivity contribution in [2.45, 2.75) is 19.3 Å². The summed E-state index contributed by atoms with van der Waals surface area (Å²) in [4.78, 5) is 38.7. The van der Waals surface area contributed by atoms with Crippen molar-refractivity contribution in [3.05, 3.63) is 48.0 Å². The highest BCUT2D eigenvalue weighted by Gasteiger charge is 2.77. The standard InChI is InChI=1S/C21H22O5/c1-25-18(23)17-14-8-9-16(20(14)10-11-20)21(17,19(24)26-2)12-15(22)13-6-4-3-5-7-13/h3-9,14,16-17H,10-12H2,1-2H3/t14-,16-,17-,21-/m0/s1. The summed E-state index contributed by atoms with van der Waals surface area (Å²) in [6, 6.07) is 8.88. The normalized spacial score (nSPS) is 32.5. The third-order valence-electron chi connectivity index (χ3n) is 6.66. The van der Waals surface area contributed by atoms with Gasteiger partial charge in [0.25, 0.3) is 0 Å². The summed E-state index contributed by atoms with van der Waals surface area (Å²) in [5.41, 5.74) is -0.745. The summed E-state index contributed by atoms with van der Waals surface area (Å²) in [6.45, 7) is 0. The first kappa shape index (κ1) is 17.0. The number of esters is 2. The fourth-order valence-electron chi connectivity index (χ4n) is 5.46. The van der Waals surface area contributed by atoms with Crippen molar-refractivity contribution in [1.82, 2.24) is 0 Å². The van der Waals surface area contributed by atoms with Gasteiger partial charge in [0, 0.05) is 17.9 Å². The van der Waals surface area contributed by atoms with Crippen molar-refractivity contribution >= 4 is 17.7 Å². The number of carbonyl (C=O) groups is 3. The maximum absolute atomic E-state index is 13.0. The molecule has 0 amide bonds. The molecule has 0 radical (unpaired) electrons. The lowest BCUT2D eigenvalue weighted by Gasteiger charge is -2.37. The van der Waals surface area contributed by atoms with E-state index in [0.29, 0.717) is 5.56 Å². The molecule has 5 nitrogen and oxygen atoms in total. The lowest BCUT2D eigenvalue weighted by Crippen LogP contribution is -2.48. The van der Waals surface area contributed by atoms with Crippen LogP contribution in [0.15, 0.2) is 42.5 Å². The Morgan fingerprint density at radius 1 is 1.04 bits per heavy atom. The van der Waals surface area contributed by atoms with E-state index in [4.69, 9.17) is 9.47 Å². The number of methoxy groups -OCH3 is 2. The number of rotatable bonds is 5. The maximum atomic E-state index is 13.0. The number of hydrogen-bond acceptors (Lipinski definition) is 5. The van der Waals surface area contributed by atoms with E-state index < -0.39 is 23.3 Å². The molecule has 3 aliphatic rings. The summed E-state index contributed by atoms with van der Waals surface area (Å²) in [6.07, 6.45) is 5.93. The lowest BCUT2D eigenvalue weighted by atomic mass is 9.64. The molecule has 0 aliphatic heterocycles. The van der Waals surface area contributed by atoms with Gasteiger partial charge < -0.3 is 9.47 Å². The van der Waals surface area contributed by atoms with Gasteiger partial charge >= 0.3 is 11.9 Å². The van der Waals surface area contributed by atoms with Gasteiger partial charge in [-0.1, -0.05) is 42.5 Å². The van der Waals surface area contributed by atoms with Crippen LogP contribution in [0.5, 0.6) is 0 Å². The Bertz CT molecular complexity index is 792. The molecule has 0 unspecified atom stereocenters. The number of ether oxygens (including phenoxy) is 2. The van der Waals surface area contributed by atoms with Crippen LogP contribution in [0.4, 0.5) is 0 Å². The highest BCUT2D eigenvalue weighted by Crippen LogP contribution is 2.77. The van der Waals surface area contributed by atoms with Crippen molar-refractivity contribution in [3.8, 4) is 0 Å². The fraction of sp³-hybridized carbons (Fsp3) is 0.476. The average molecular weight is 354 g/mol. The molecule has 0 saturated heterocycles. The minimum atomic E-state index is -1.19. The summed E-state index contributed by atoms with van der Waals surface area (Å²) in [5, 5.41) is 0. The largest absolute Gasteiger partial charge is 0.469 e. The van der Waals surface area contributed by atoms with Crippen molar-refractivity contribution in [3.63, 3.8) is 0 Å². The number of carbonyl (C=O) groups excluding carboxylic acids is 3. The monoisotopic (exact) mass is 354 g/mol. The number of Topliss-reactive ketones (excluding diaryl/α,β-unsaturated/α-hetero) is 1. The highest BCUT2D eigenvalue weighted by atomic mass is 16.5. The van der Waals surface area contributed by atoms with E-state index in [9.17, 15) is 14.4 Å². The van der Waals surface area contributed by atoms with Gasteiger partial charge in [0.15, 0.2) is 5.78 Å². The molecule has 26 heavy (non-hydrogen) atoms. The molecule has 5 heteroatoms. The number of ketones is 1.